The number of aromatic nitrogens is 3. The predicted octanol–water partition coefficient (Wildman–Crippen LogP) is 1.90. The van der Waals surface area contributed by atoms with Crippen molar-refractivity contribution in [2.45, 2.75) is 26.9 Å². The number of aliphatic hydroxyl groups is 1. The Hall–Kier alpha value is -2.81. The van der Waals surface area contributed by atoms with E-state index in [9.17, 15) is 5.11 Å². The molecule has 4 rings (SSSR count). The summed E-state index contributed by atoms with van der Waals surface area (Å²) in [4.78, 5) is 8.89. The number of pyridine rings is 1. The normalized spacial score (nSPS) is 14.2. The number of nitrogens with zero attached hydrogens (tertiary/aromatic N) is 4. The number of amidine groups is 1. The number of benzene rings is 1. The van der Waals surface area contributed by atoms with Gasteiger partial charge in [-0.25, -0.2) is 20.1 Å². The van der Waals surface area contributed by atoms with Crippen molar-refractivity contribution in [2.75, 3.05) is 19.8 Å². The predicted molar refractivity (Wildman–Crippen MR) is 111 cm³/mol. The first kappa shape index (κ1) is 19.9. The second kappa shape index (κ2) is 9.41. The van der Waals surface area contributed by atoms with Gasteiger partial charge < -0.3 is 15.8 Å². The lowest BCUT2D eigenvalue weighted by Gasteiger charge is -2.11. The topological polar surface area (TPSA) is 99.4 Å². The summed E-state index contributed by atoms with van der Waals surface area (Å²) in [5.41, 5.74) is 9.43. The Kier molecular flexibility index (Phi) is 6.70. The maximum absolute atomic E-state index is 10.2. The van der Waals surface area contributed by atoms with Crippen LogP contribution in [0.25, 0.3) is 16.7 Å². The molecule has 1 aromatic carbocycles. The van der Waals surface area contributed by atoms with Gasteiger partial charge in [0.25, 0.3) is 0 Å². The third-order valence-corrected chi connectivity index (χ3v) is 4.29. The number of aliphatic imine (C=N–C) groups is 1. The van der Waals surface area contributed by atoms with E-state index in [2.05, 4.69) is 31.2 Å². The first-order valence-electron chi connectivity index (χ1n) is 9.63. The number of rotatable bonds is 6. The summed E-state index contributed by atoms with van der Waals surface area (Å²) in [5.74, 6) is 0.810. The largest absolute Gasteiger partial charge is 0.387 e. The fraction of sp³-hybridized carbons (Fsp3) is 0.350. The highest BCUT2D eigenvalue weighted by Gasteiger charge is 2.13. The minimum Gasteiger partial charge on any atom is -0.387 e. The van der Waals surface area contributed by atoms with Crippen molar-refractivity contribution in [1.29, 1.82) is 0 Å². The minimum absolute atomic E-state index is 0.503. The molecule has 0 saturated heterocycles. The van der Waals surface area contributed by atoms with E-state index >= 15 is 0 Å². The van der Waals surface area contributed by atoms with Gasteiger partial charge in [-0.3, -0.25) is 0 Å². The lowest BCUT2D eigenvalue weighted by Crippen LogP contribution is -2.30. The van der Waals surface area contributed by atoms with Crippen molar-refractivity contribution in [2.24, 2.45) is 4.99 Å². The van der Waals surface area contributed by atoms with Crippen molar-refractivity contribution < 1.29 is 5.11 Å². The number of fused-ring (bicyclic) bond motifs is 1. The number of aliphatic hydroxyl groups excluding tert-OH is 1. The van der Waals surface area contributed by atoms with Gasteiger partial charge in [-0.15, -0.1) is 0 Å². The van der Waals surface area contributed by atoms with E-state index < -0.39 is 6.10 Å². The first-order chi connectivity index (χ1) is 13.8. The van der Waals surface area contributed by atoms with E-state index in [1.165, 1.54) is 0 Å². The number of hydrogen-bond acceptors (Lipinski definition) is 7. The van der Waals surface area contributed by atoms with Crippen molar-refractivity contribution in [1.82, 2.24) is 30.9 Å². The van der Waals surface area contributed by atoms with Gasteiger partial charge in [0.15, 0.2) is 5.65 Å². The summed E-state index contributed by atoms with van der Waals surface area (Å²) < 4.78 is 1.79. The molecule has 4 N–H and O–H groups in total. The van der Waals surface area contributed by atoms with E-state index in [-0.39, 0.29) is 0 Å². The Bertz CT molecular complexity index is 951. The van der Waals surface area contributed by atoms with E-state index in [4.69, 9.17) is 0 Å². The molecule has 1 unspecified atom stereocenters. The molecule has 8 nitrogen and oxygen atoms in total. The van der Waals surface area contributed by atoms with E-state index in [0.717, 1.165) is 40.2 Å². The van der Waals surface area contributed by atoms with Crippen molar-refractivity contribution in [3.63, 3.8) is 0 Å². The molecule has 0 amide bonds. The molecule has 0 aliphatic carbocycles. The molecule has 2 aromatic heterocycles. The van der Waals surface area contributed by atoms with Crippen molar-refractivity contribution in [3.05, 3.63) is 53.9 Å². The van der Waals surface area contributed by atoms with Gasteiger partial charge in [0.2, 0.25) is 0 Å². The summed E-state index contributed by atoms with van der Waals surface area (Å²) in [6.07, 6.45) is 2.89. The number of nitrogens with one attached hydrogen (secondary N) is 3. The van der Waals surface area contributed by atoms with Gasteiger partial charge >= 0.3 is 0 Å². The van der Waals surface area contributed by atoms with Crippen LogP contribution in [0.4, 0.5) is 0 Å². The summed E-state index contributed by atoms with van der Waals surface area (Å²) in [6.45, 7) is 7.89. The van der Waals surface area contributed by atoms with Crippen LogP contribution >= 0.6 is 0 Å². The summed E-state index contributed by atoms with van der Waals surface area (Å²) >= 11 is 0. The van der Waals surface area contributed by atoms with Crippen molar-refractivity contribution in [3.8, 4) is 5.69 Å². The first-order valence-corrected chi connectivity index (χ1v) is 9.63. The van der Waals surface area contributed by atoms with Crippen LogP contribution in [0.3, 0.4) is 0 Å². The average Bonchev–Trinajstić information content (AvgIpc) is 3.43. The lowest BCUT2D eigenvalue weighted by molar-refractivity contribution is 0.175. The Balaban J connectivity index is 0.00000109. The molecule has 0 fully saturated rings. The molecular weight excluding hydrogens is 354 g/mol. The van der Waals surface area contributed by atoms with Crippen LogP contribution in [0.5, 0.6) is 0 Å². The lowest BCUT2D eigenvalue weighted by atomic mass is 10.1. The molecule has 0 spiro atoms. The quantitative estimate of drug-likeness (QED) is 0.521. The van der Waals surface area contributed by atoms with Crippen LogP contribution in [0, 0.1) is 0 Å². The second-order valence-electron chi connectivity index (χ2n) is 6.08. The van der Waals surface area contributed by atoms with E-state index in [0.29, 0.717) is 13.2 Å². The summed E-state index contributed by atoms with van der Waals surface area (Å²) in [6, 6.07) is 9.89. The highest BCUT2D eigenvalue weighted by Crippen LogP contribution is 2.21. The van der Waals surface area contributed by atoms with Gasteiger partial charge in [0.1, 0.15) is 12.5 Å². The molecule has 1 aliphatic heterocycles. The van der Waals surface area contributed by atoms with Gasteiger partial charge in [0, 0.05) is 29.3 Å². The van der Waals surface area contributed by atoms with Crippen LogP contribution in [0.15, 0.2) is 47.7 Å². The standard InChI is InChI=1S/C18H21N7O.C2H6/c1-2-19-10-16(26)13-6-14-9-23-25(18(14)20-8-13)15-5-3-4-12(7-15)17-21-11-22-24-17;1-2/h3-9,16,19,22,26H,2,10-11H2,1H3,(H,21,24);1-2H3. The fourth-order valence-corrected chi connectivity index (χ4v) is 2.94. The molecule has 3 aromatic rings. The van der Waals surface area contributed by atoms with Crippen LogP contribution < -0.4 is 16.2 Å². The zero-order chi connectivity index (χ0) is 19.9. The third-order valence-electron chi connectivity index (χ3n) is 4.29. The summed E-state index contributed by atoms with van der Waals surface area (Å²) in [7, 11) is 0. The Morgan fingerprint density at radius 3 is 2.86 bits per heavy atom. The van der Waals surface area contributed by atoms with Gasteiger partial charge in [0.05, 0.1) is 18.0 Å². The number of hydrazine groups is 1. The SMILES string of the molecule is CC.CCNCC(O)c1cnc2c(cnn2-c2cccc(C3=NCNN3)c2)c1. The van der Waals surface area contributed by atoms with Crippen LogP contribution in [-0.2, 0) is 0 Å². The molecule has 28 heavy (non-hydrogen) atoms. The molecule has 148 valence electrons. The maximum Gasteiger partial charge on any atom is 0.162 e. The molecule has 1 aliphatic rings. The second-order valence-corrected chi connectivity index (χ2v) is 6.08. The number of hydrogen-bond donors (Lipinski definition) is 4. The Labute approximate surface area is 164 Å². The average molecular weight is 381 g/mol. The molecule has 0 bridgehead atoms. The smallest absolute Gasteiger partial charge is 0.162 e. The zero-order valence-electron chi connectivity index (χ0n) is 16.5. The summed E-state index contributed by atoms with van der Waals surface area (Å²) in [5, 5.41) is 18.7. The molecule has 0 radical (unpaired) electrons. The number of likely N-dealkylation sites (N-methyl/N-ethyl adjacent to an activating group) is 1. The monoisotopic (exact) mass is 381 g/mol. The third kappa shape index (κ3) is 4.19. The van der Waals surface area contributed by atoms with Crippen molar-refractivity contribution >= 4 is 16.9 Å². The fourth-order valence-electron chi connectivity index (χ4n) is 2.94. The molecule has 8 heteroatoms. The van der Waals surface area contributed by atoms with Gasteiger partial charge in [-0.1, -0.05) is 32.9 Å². The Morgan fingerprint density at radius 1 is 1.25 bits per heavy atom. The highest BCUT2D eigenvalue weighted by atomic mass is 16.3. The Morgan fingerprint density at radius 2 is 2.11 bits per heavy atom. The molecule has 0 saturated carbocycles. The van der Waals surface area contributed by atoms with Gasteiger partial charge in [-0.05, 0) is 24.7 Å². The molecule has 3 heterocycles. The molecular formula is C20H27N7O. The van der Waals surface area contributed by atoms with Crippen LogP contribution in [0.1, 0.15) is 38.0 Å². The van der Waals surface area contributed by atoms with E-state index in [1.807, 2.05) is 51.1 Å². The van der Waals surface area contributed by atoms with E-state index in [1.54, 1.807) is 17.1 Å². The molecule has 1 atom stereocenters. The highest BCUT2D eigenvalue weighted by molar-refractivity contribution is 5.99. The van der Waals surface area contributed by atoms with Gasteiger partial charge in [-0.2, -0.15) is 5.10 Å². The maximum atomic E-state index is 10.2. The van der Waals surface area contributed by atoms with Crippen LogP contribution in [0.2, 0.25) is 0 Å². The van der Waals surface area contributed by atoms with Crippen LogP contribution in [-0.4, -0.2) is 45.5 Å². The minimum atomic E-state index is -0.586. The zero-order valence-corrected chi connectivity index (χ0v) is 16.5.